The van der Waals surface area contributed by atoms with Crippen molar-refractivity contribution >= 4 is 35.1 Å². The first-order valence-electron chi connectivity index (χ1n) is 10.6. The van der Waals surface area contributed by atoms with E-state index in [1.165, 1.54) is 16.2 Å². The van der Waals surface area contributed by atoms with Gasteiger partial charge in [0.15, 0.2) is 5.78 Å². The zero-order valence-corrected chi connectivity index (χ0v) is 19.0. The van der Waals surface area contributed by atoms with Crippen molar-refractivity contribution in [3.63, 3.8) is 0 Å². The quantitative estimate of drug-likeness (QED) is 0.500. The van der Waals surface area contributed by atoms with E-state index in [9.17, 15) is 19.2 Å². The van der Waals surface area contributed by atoms with Gasteiger partial charge in [-0.05, 0) is 13.3 Å². The van der Waals surface area contributed by atoms with Crippen molar-refractivity contribution < 1.29 is 29.0 Å². The van der Waals surface area contributed by atoms with Gasteiger partial charge in [0.25, 0.3) is 5.91 Å². The Balaban J connectivity index is 1.76. The number of thiazole rings is 1. The molecule has 10 nitrogen and oxygen atoms in total. The lowest BCUT2D eigenvalue weighted by molar-refractivity contribution is -0.137. The molecule has 3 N–H and O–H groups in total. The van der Waals surface area contributed by atoms with Crippen LogP contribution in [0, 0.1) is 0 Å². The first-order valence-corrected chi connectivity index (χ1v) is 11.5. The lowest BCUT2D eigenvalue weighted by Gasteiger charge is -2.36. The molecule has 33 heavy (non-hydrogen) atoms. The number of carbonyl (C=O) groups excluding carboxylic acids is 3. The molecule has 0 bridgehead atoms. The molecule has 1 aromatic heterocycles. The van der Waals surface area contributed by atoms with Gasteiger partial charge in [0.1, 0.15) is 16.7 Å². The van der Waals surface area contributed by atoms with E-state index in [0.717, 1.165) is 5.56 Å². The Morgan fingerprint density at radius 1 is 1.30 bits per heavy atom. The molecule has 2 aromatic rings. The molecule has 3 rings (SSSR count). The number of amides is 2. The molecular formula is C22H26N4O6S. The number of carbonyl (C=O) groups is 4. The summed E-state index contributed by atoms with van der Waals surface area (Å²) in [5.41, 5.74) is 0.995. The standard InChI is InChI=1S/C22H26N4O6S/c1-2-32-22(31)26-11-10-23-12-17(26)19(29)15(8-9-18(27)28)24-20(30)16-13-33-21(25-16)14-6-4-3-5-7-14/h3-7,13,15,17,23H,2,8-12H2,1H3,(H,24,30)(H,27,28)/t15-,17?/m0/s1. The molecule has 2 amide bonds. The van der Waals surface area contributed by atoms with Crippen molar-refractivity contribution in [1.29, 1.82) is 0 Å². The van der Waals surface area contributed by atoms with Crippen molar-refractivity contribution in [2.24, 2.45) is 0 Å². The van der Waals surface area contributed by atoms with Crippen molar-refractivity contribution in [3.8, 4) is 10.6 Å². The second kappa shape index (κ2) is 11.5. The Labute approximate surface area is 195 Å². The van der Waals surface area contributed by atoms with Crippen LogP contribution in [0.25, 0.3) is 10.6 Å². The van der Waals surface area contributed by atoms with Crippen LogP contribution in [0.5, 0.6) is 0 Å². The summed E-state index contributed by atoms with van der Waals surface area (Å²) in [4.78, 5) is 55.3. The van der Waals surface area contributed by atoms with Crippen LogP contribution in [0.1, 0.15) is 30.3 Å². The molecule has 0 aliphatic carbocycles. The van der Waals surface area contributed by atoms with Crippen molar-refractivity contribution in [2.45, 2.75) is 31.8 Å². The van der Waals surface area contributed by atoms with E-state index in [4.69, 9.17) is 9.84 Å². The highest BCUT2D eigenvalue weighted by molar-refractivity contribution is 7.13. The smallest absolute Gasteiger partial charge is 0.410 e. The third-order valence-electron chi connectivity index (χ3n) is 5.13. The third kappa shape index (κ3) is 6.36. The number of Topliss-reactive ketones (excluding diaryl/α,β-unsaturated/α-hetero) is 1. The van der Waals surface area contributed by atoms with Gasteiger partial charge in [0, 0.05) is 37.0 Å². The number of aromatic nitrogens is 1. The van der Waals surface area contributed by atoms with E-state index in [2.05, 4.69) is 15.6 Å². The SMILES string of the molecule is CCOC(=O)N1CCNCC1C(=O)[C@H](CCC(=O)O)NC(=O)c1csc(-c2ccccc2)n1. The van der Waals surface area contributed by atoms with Crippen LogP contribution in [-0.4, -0.2) is 77.1 Å². The van der Waals surface area contributed by atoms with Crippen LogP contribution in [0.3, 0.4) is 0 Å². The van der Waals surface area contributed by atoms with Gasteiger partial charge in [0.2, 0.25) is 0 Å². The molecule has 2 heterocycles. The number of hydrogen-bond acceptors (Lipinski definition) is 8. The van der Waals surface area contributed by atoms with E-state index in [1.807, 2.05) is 30.3 Å². The largest absolute Gasteiger partial charge is 0.481 e. The summed E-state index contributed by atoms with van der Waals surface area (Å²) in [6.45, 7) is 2.78. The van der Waals surface area contributed by atoms with Crippen LogP contribution in [0.4, 0.5) is 4.79 Å². The summed E-state index contributed by atoms with van der Waals surface area (Å²) in [5.74, 6) is -2.13. The summed E-state index contributed by atoms with van der Waals surface area (Å²) in [5, 5.41) is 17.0. The topological polar surface area (TPSA) is 138 Å². The summed E-state index contributed by atoms with van der Waals surface area (Å²) in [6, 6.07) is 7.38. The maximum atomic E-state index is 13.3. The van der Waals surface area contributed by atoms with Gasteiger partial charge in [-0.1, -0.05) is 30.3 Å². The Morgan fingerprint density at radius 3 is 2.76 bits per heavy atom. The molecule has 2 atom stereocenters. The summed E-state index contributed by atoms with van der Waals surface area (Å²) < 4.78 is 5.05. The highest BCUT2D eigenvalue weighted by Gasteiger charge is 2.37. The molecule has 0 saturated carbocycles. The van der Waals surface area contributed by atoms with Gasteiger partial charge in [-0.2, -0.15) is 0 Å². The predicted molar refractivity (Wildman–Crippen MR) is 121 cm³/mol. The average molecular weight is 475 g/mol. The summed E-state index contributed by atoms with van der Waals surface area (Å²) in [7, 11) is 0. The van der Waals surface area contributed by atoms with Gasteiger partial charge in [-0.3, -0.25) is 19.3 Å². The van der Waals surface area contributed by atoms with Crippen LogP contribution in [0.15, 0.2) is 35.7 Å². The van der Waals surface area contributed by atoms with E-state index in [1.54, 1.807) is 12.3 Å². The molecule has 1 aliphatic heterocycles. The number of carboxylic acid groups (broad SMARTS) is 1. The predicted octanol–water partition coefficient (Wildman–Crippen LogP) is 1.77. The number of ketones is 1. The molecule has 1 fully saturated rings. The lowest BCUT2D eigenvalue weighted by atomic mass is 9.98. The molecule has 0 spiro atoms. The molecule has 1 saturated heterocycles. The van der Waals surface area contributed by atoms with Crippen molar-refractivity contribution in [2.75, 3.05) is 26.2 Å². The van der Waals surface area contributed by atoms with E-state index in [0.29, 0.717) is 11.6 Å². The van der Waals surface area contributed by atoms with E-state index < -0.39 is 35.8 Å². The van der Waals surface area contributed by atoms with Gasteiger partial charge in [-0.25, -0.2) is 9.78 Å². The molecule has 1 aromatic carbocycles. The monoisotopic (exact) mass is 474 g/mol. The molecule has 1 aliphatic rings. The number of carboxylic acids is 1. The highest BCUT2D eigenvalue weighted by Crippen LogP contribution is 2.23. The van der Waals surface area contributed by atoms with Crippen molar-refractivity contribution in [1.82, 2.24) is 20.5 Å². The van der Waals surface area contributed by atoms with Crippen LogP contribution in [-0.2, 0) is 14.3 Å². The molecule has 11 heteroatoms. The second-order valence-electron chi connectivity index (χ2n) is 7.38. The Kier molecular flexibility index (Phi) is 8.50. The highest BCUT2D eigenvalue weighted by atomic mass is 32.1. The lowest BCUT2D eigenvalue weighted by Crippen LogP contribution is -2.61. The maximum Gasteiger partial charge on any atom is 0.410 e. The molecule has 1 unspecified atom stereocenters. The zero-order valence-electron chi connectivity index (χ0n) is 18.2. The second-order valence-corrected chi connectivity index (χ2v) is 8.24. The van der Waals surface area contributed by atoms with Gasteiger partial charge >= 0.3 is 12.1 Å². The Bertz CT molecular complexity index is 996. The van der Waals surface area contributed by atoms with Crippen LogP contribution in [0.2, 0.25) is 0 Å². The van der Waals surface area contributed by atoms with Crippen LogP contribution >= 0.6 is 11.3 Å². The number of hydrogen-bond donors (Lipinski definition) is 3. The van der Waals surface area contributed by atoms with Gasteiger partial charge < -0.3 is 20.5 Å². The summed E-state index contributed by atoms with van der Waals surface area (Å²) in [6.07, 6.45) is -1.04. The average Bonchev–Trinajstić information content (AvgIpc) is 3.32. The fourth-order valence-corrected chi connectivity index (χ4v) is 4.30. The fraction of sp³-hybridized carbons (Fsp3) is 0.409. The summed E-state index contributed by atoms with van der Waals surface area (Å²) >= 11 is 1.29. The third-order valence-corrected chi connectivity index (χ3v) is 6.02. The number of benzene rings is 1. The molecule has 0 radical (unpaired) electrons. The minimum Gasteiger partial charge on any atom is -0.481 e. The number of aliphatic carboxylic acids is 1. The van der Waals surface area contributed by atoms with Crippen molar-refractivity contribution in [3.05, 3.63) is 41.4 Å². The number of piperazine rings is 1. The van der Waals surface area contributed by atoms with E-state index in [-0.39, 0.29) is 38.2 Å². The number of nitrogens with zero attached hydrogens (tertiary/aromatic N) is 2. The first-order chi connectivity index (χ1) is 15.9. The normalized spacial score (nSPS) is 16.6. The Hall–Kier alpha value is -3.31. The fourth-order valence-electron chi connectivity index (χ4n) is 3.49. The van der Waals surface area contributed by atoms with Gasteiger partial charge in [0.05, 0.1) is 12.6 Å². The number of ether oxygens (including phenoxy) is 1. The number of nitrogens with one attached hydrogen (secondary N) is 2. The Morgan fingerprint density at radius 2 is 2.06 bits per heavy atom. The number of rotatable bonds is 9. The molecule has 176 valence electrons. The van der Waals surface area contributed by atoms with Gasteiger partial charge in [-0.15, -0.1) is 11.3 Å². The minimum absolute atomic E-state index is 0.108. The maximum absolute atomic E-state index is 13.3. The van der Waals surface area contributed by atoms with E-state index >= 15 is 0 Å². The minimum atomic E-state index is -1.10. The molecular weight excluding hydrogens is 448 g/mol. The first kappa shape index (κ1) is 24.3. The van der Waals surface area contributed by atoms with Crippen LogP contribution < -0.4 is 10.6 Å². The zero-order chi connectivity index (χ0) is 23.8.